The maximum Gasteiger partial charge on any atom is 0.123 e. The molecule has 0 amide bonds. The Morgan fingerprint density at radius 2 is 1.89 bits per heavy atom. The third-order valence-electron chi connectivity index (χ3n) is 3.13. The van der Waals surface area contributed by atoms with Crippen LogP contribution in [-0.2, 0) is 5.41 Å². The summed E-state index contributed by atoms with van der Waals surface area (Å²) in [7, 11) is 0. The molecule has 0 aromatic heterocycles. The third-order valence-corrected chi connectivity index (χ3v) is 3.13. The van der Waals surface area contributed by atoms with Gasteiger partial charge < -0.3 is 16.2 Å². The summed E-state index contributed by atoms with van der Waals surface area (Å²) in [4.78, 5) is 0. The second kappa shape index (κ2) is 5.72. The highest BCUT2D eigenvalue weighted by Gasteiger charge is 2.21. The Morgan fingerprint density at radius 3 is 2.33 bits per heavy atom. The Kier molecular flexibility index (Phi) is 4.77. The summed E-state index contributed by atoms with van der Waals surface area (Å²) < 4.78 is 5.76. The van der Waals surface area contributed by atoms with Crippen molar-refractivity contribution in [3.05, 3.63) is 28.8 Å². The van der Waals surface area contributed by atoms with Crippen LogP contribution in [-0.4, -0.2) is 13.2 Å². The molecule has 18 heavy (non-hydrogen) atoms. The Morgan fingerprint density at radius 1 is 1.28 bits per heavy atom. The SMILES string of the molecule is CCOc1cc(C(N)CN)c(C)cc1C(C)(C)C. The fourth-order valence-electron chi connectivity index (χ4n) is 2.09. The summed E-state index contributed by atoms with van der Waals surface area (Å²) in [5, 5.41) is 0. The first-order valence-electron chi connectivity index (χ1n) is 6.54. The Hall–Kier alpha value is -1.06. The van der Waals surface area contributed by atoms with Crippen molar-refractivity contribution in [1.82, 2.24) is 0 Å². The van der Waals surface area contributed by atoms with Gasteiger partial charge in [-0.05, 0) is 42.0 Å². The molecule has 1 aromatic rings. The second-order valence-corrected chi connectivity index (χ2v) is 5.73. The summed E-state index contributed by atoms with van der Waals surface area (Å²) in [6.07, 6.45) is 0. The molecule has 0 fully saturated rings. The van der Waals surface area contributed by atoms with E-state index in [1.807, 2.05) is 6.92 Å². The van der Waals surface area contributed by atoms with Crippen molar-refractivity contribution in [2.75, 3.05) is 13.2 Å². The van der Waals surface area contributed by atoms with E-state index >= 15 is 0 Å². The lowest BCUT2D eigenvalue weighted by atomic mass is 9.83. The monoisotopic (exact) mass is 250 g/mol. The standard InChI is InChI=1S/C15H26N2O/c1-6-18-14-8-11(13(17)9-16)10(2)7-12(14)15(3,4)5/h7-8,13H,6,9,16-17H2,1-5H3. The third kappa shape index (κ3) is 3.24. The molecular weight excluding hydrogens is 224 g/mol. The minimum absolute atomic E-state index is 0.0562. The smallest absolute Gasteiger partial charge is 0.123 e. The van der Waals surface area contributed by atoms with Crippen LogP contribution in [0.15, 0.2) is 12.1 Å². The molecule has 0 aliphatic heterocycles. The molecule has 0 spiro atoms. The van der Waals surface area contributed by atoms with Crippen molar-refractivity contribution in [3.63, 3.8) is 0 Å². The number of benzene rings is 1. The van der Waals surface area contributed by atoms with Crippen LogP contribution in [0, 0.1) is 6.92 Å². The van der Waals surface area contributed by atoms with Gasteiger partial charge in [0.15, 0.2) is 0 Å². The van der Waals surface area contributed by atoms with E-state index in [2.05, 4.69) is 39.8 Å². The van der Waals surface area contributed by atoms with Gasteiger partial charge in [0.05, 0.1) is 6.61 Å². The Labute approximate surface area is 111 Å². The van der Waals surface area contributed by atoms with E-state index < -0.39 is 0 Å². The lowest BCUT2D eigenvalue weighted by Crippen LogP contribution is -2.23. The molecule has 1 atom stereocenters. The van der Waals surface area contributed by atoms with Gasteiger partial charge in [-0.15, -0.1) is 0 Å². The molecule has 3 heteroatoms. The predicted molar refractivity (Wildman–Crippen MR) is 77.0 cm³/mol. The molecule has 0 aliphatic carbocycles. The zero-order chi connectivity index (χ0) is 13.9. The first kappa shape index (κ1) is 15.0. The highest BCUT2D eigenvalue weighted by atomic mass is 16.5. The molecule has 0 heterocycles. The zero-order valence-electron chi connectivity index (χ0n) is 12.2. The average Bonchev–Trinajstić information content (AvgIpc) is 2.29. The fraction of sp³-hybridized carbons (Fsp3) is 0.600. The molecule has 0 bridgehead atoms. The van der Waals surface area contributed by atoms with E-state index in [9.17, 15) is 0 Å². The van der Waals surface area contributed by atoms with Gasteiger partial charge in [-0.25, -0.2) is 0 Å². The first-order chi connectivity index (χ1) is 8.31. The molecule has 0 radical (unpaired) electrons. The van der Waals surface area contributed by atoms with Crippen molar-refractivity contribution >= 4 is 0 Å². The molecule has 3 nitrogen and oxygen atoms in total. The van der Waals surface area contributed by atoms with E-state index in [0.717, 1.165) is 11.3 Å². The van der Waals surface area contributed by atoms with Gasteiger partial charge >= 0.3 is 0 Å². The molecule has 1 unspecified atom stereocenters. The molecule has 0 saturated carbocycles. The molecule has 102 valence electrons. The van der Waals surface area contributed by atoms with Gasteiger partial charge in [0.25, 0.3) is 0 Å². The fourth-order valence-corrected chi connectivity index (χ4v) is 2.09. The maximum absolute atomic E-state index is 6.04. The van der Waals surface area contributed by atoms with Crippen LogP contribution < -0.4 is 16.2 Å². The van der Waals surface area contributed by atoms with Gasteiger partial charge in [0.1, 0.15) is 5.75 Å². The Bertz CT molecular complexity index is 408. The van der Waals surface area contributed by atoms with Crippen molar-refractivity contribution in [2.45, 2.75) is 46.1 Å². The van der Waals surface area contributed by atoms with Crippen molar-refractivity contribution in [2.24, 2.45) is 11.5 Å². The van der Waals surface area contributed by atoms with Crippen LogP contribution in [0.1, 0.15) is 50.4 Å². The highest BCUT2D eigenvalue weighted by molar-refractivity contribution is 5.46. The Balaban J connectivity index is 3.34. The van der Waals surface area contributed by atoms with Crippen LogP contribution in [0.3, 0.4) is 0 Å². The van der Waals surface area contributed by atoms with Crippen LogP contribution >= 0.6 is 0 Å². The van der Waals surface area contributed by atoms with Gasteiger partial charge in [-0.3, -0.25) is 0 Å². The number of aryl methyl sites for hydroxylation is 1. The van der Waals surface area contributed by atoms with E-state index in [0.29, 0.717) is 13.2 Å². The highest BCUT2D eigenvalue weighted by Crippen LogP contribution is 2.35. The van der Waals surface area contributed by atoms with E-state index in [4.69, 9.17) is 16.2 Å². The summed E-state index contributed by atoms with van der Waals surface area (Å²) in [6, 6.07) is 4.10. The van der Waals surface area contributed by atoms with Crippen molar-refractivity contribution in [1.29, 1.82) is 0 Å². The van der Waals surface area contributed by atoms with Crippen LogP contribution in [0.2, 0.25) is 0 Å². The number of rotatable bonds is 4. The maximum atomic E-state index is 6.04. The van der Waals surface area contributed by atoms with Gasteiger partial charge in [0.2, 0.25) is 0 Å². The molecule has 0 aliphatic rings. The molecule has 0 saturated heterocycles. The quantitative estimate of drug-likeness (QED) is 0.863. The zero-order valence-corrected chi connectivity index (χ0v) is 12.2. The van der Waals surface area contributed by atoms with Crippen LogP contribution in [0.5, 0.6) is 5.75 Å². The largest absolute Gasteiger partial charge is 0.494 e. The van der Waals surface area contributed by atoms with Gasteiger partial charge in [-0.1, -0.05) is 26.8 Å². The van der Waals surface area contributed by atoms with E-state index in [-0.39, 0.29) is 11.5 Å². The summed E-state index contributed by atoms with van der Waals surface area (Å²) in [5.41, 5.74) is 15.2. The van der Waals surface area contributed by atoms with E-state index in [1.54, 1.807) is 0 Å². The number of hydrogen-bond donors (Lipinski definition) is 2. The first-order valence-corrected chi connectivity index (χ1v) is 6.54. The lowest BCUT2D eigenvalue weighted by Gasteiger charge is -2.25. The second-order valence-electron chi connectivity index (χ2n) is 5.73. The van der Waals surface area contributed by atoms with E-state index in [1.165, 1.54) is 11.1 Å². The van der Waals surface area contributed by atoms with Gasteiger partial charge in [0, 0.05) is 12.6 Å². The van der Waals surface area contributed by atoms with Gasteiger partial charge in [-0.2, -0.15) is 0 Å². The normalized spacial score (nSPS) is 13.5. The van der Waals surface area contributed by atoms with Crippen molar-refractivity contribution < 1.29 is 4.74 Å². The minimum atomic E-state index is -0.127. The molecule has 1 rings (SSSR count). The molecule has 1 aromatic carbocycles. The molecular formula is C15H26N2O. The predicted octanol–water partition coefficient (Wildman–Crippen LogP) is 2.65. The summed E-state index contributed by atoms with van der Waals surface area (Å²) in [5.74, 6) is 0.925. The minimum Gasteiger partial charge on any atom is -0.494 e. The number of nitrogens with two attached hydrogens (primary N) is 2. The van der Waals surface area contributed by atoms with Crippen LogP contribution in [0.25, 0.3) is 0 Å². The summed E-state index contributed by atoms with van der Waals surface area (Å²) in [6.45, 7) is 11.7. The lowest BCUT2D eigenvalue weighted by molar-refractivity contribution is 0.329. The number of hydrogen-bond acceptors (Lipinski definition) is 3. The topological polar surface area (TPSA) is 61.3 Å². The van der Waals surface area contributed by atoms with Crippen molar-refractivity contribution in [3.8, 4) is 5.75 Å². The molecule has 4 N–H and O–H groups in total. The average molecular weight is 250 g/mol. The van der Waals surface area contributed by atoms with Crippen LogP contribution in [0.4, 0.5) is 0 Å². The number of ether oxygens (including phenoxy) is 1. The summed E-state index contributed by atoms with van der Waals surface area (Å²) >= 11 is 0.